The van der Waals surface area contributed by atoms with Crippen LogP contribution in [0.25, 0.3) is 11.2 Å². The molecule has 8 nitrogen and oxygen atoms in total. The number of ether oxygens (including phenoxy) is 1. The third-order valence-electron chi connectivity index (χ3n) is 3.84. The Balaban J connectivity index is 1.69. The molecule has 8 heteroatoms. The van der Waals surface area contributed by atoms with Gasteiger partial charge in [0.15, 0.2) is 5.65 Å². The highest BCUT2D eigenvalue weighted by Gasteiger charge is 2.28. The highest BCUT2D eigenvalue weighted by atomic mass is 16.6. The Bertz CT molecular complexity index is 712. The molecular weight excluding hydrogens is 296 g/mol. The predicted molar refractivity (Wildman–Crippen MR) is 85.8 cm³/mol. The number of nitrogen functional groups attached to an aromatic ring is 1. The average Bonchev–Trinajstić information content (AvgIpc) is 2.88. The van der Waals surface area contributed by atoms with Crippen molar-refractivity contribution in [2.75, 3.05) is 18.8 Å². The van der Waals surface area contributed by atoms with E-state index >= 15 is 0 Å². The SMILES string of the molecule is CC(C)(C)OC(=O)N1CCC(n2cnc3cnc(N)nc32)CC1. The van der Waals surface area contributed by atoms with Crippen molar-refractivity contribution < 1.29 is 9.53 Å². The molecule has 3 heterocycles. The van der Waals surface area contributed by atoms with Crippen LogP contribution in [0.15, 0.2) is 12.5 Å². The number of aromatic nitrogens is 4. The number of anilines is 1. The lowest BCUT2D eigenvalue weighted by atomic mass is 10.1. The number of fused-ring (bicyclic) bond motifs is 1. The first-order valence-electron chi connectivity index (χ1n) is 7.76. The number of hydrogen-bond donors (Lipinski definition) is 1. The minimum atomic E-state index is -0.469. The maximum absolute atomic E-state index is 12.1. The first-order chi connectivity index (χ1) is 10.8. The largest absolute Gasteiger partial charge is 0.444 e. The van der Waals surface area contributed by atoms with Crippen LogP contribution in [0.1, 0.15) is 39.7 Å². The maximum Gasteiger partial charge on any atom is 0.410 e. The molecule has 3 rings (SSSR count). The predicted octanol–water partition coefficient (Wildman–Crippen LogP) is 1.98. The molecule has 1 fully saturated rings. The Kier molecular flexibility index (Phi) is 3.83. The molecule has 0 saturated carbocycles. The van der Waals surface area contributed by atoms with Crippen LogP contribution in [0.2, 0.25) is 0 Å². The number of amides is 1. The van der Waals surface area contributed by atoms with Crippen LogP contribution in [0, 0.1) is 0 Å². The van der Waals surface area contributed by atoms with Gasteiger partial charge < -0.3 is 19.9 Å². The number of rotatable bonds is 1. The smallest absolute Gasteiger partial charge is 0.410 e. The third kappa shape index (κ3) is 3.35. The van der Waals surface area contributed by atoms with E-state index in [0.717, 1.165) is 24.0 Å². The third-order valence-corrected chi connectivity index (χ3v) is 3.84. The second kappa shape index (κ2) is 5.68. The number of hydrogen-bond acceptors (Lipinski definition) is 6. The summed E-state index contributed by atoms with van der Waals surface area (Å²) in [5.74, 6) is 0.241. The zero-order valence-corrected chi connectivity index (χ0v) is 13.7. The number of nitrogens with zero attached hydrogens (tertiary/aromatic N) is 5. The van der Waals surface area contributed by atoms with Crippen LogP contribution >= 0.6 is 0 Å². The van der Waals surface area contributed by atoms with Gasteiger partial charge in [0.05, 0.1) is 12.5 Å². The molecule has 0 bridgehead atoms. The van der Waals surface area contributed by atoms with Gasteiger partial charge >= 0.3 is 6.09 Å². The molecule has 1 aliphatic heterocycles. The summed E-state index contributed by atoms with van der Waals surface area (Å²) in [6.07, 6.45) is 4.80. The lowest BCUT2D eigenvalue weighted by molar-refractivity contribution is 0.0189. The van der Waals surface area contributed by atoms with Gasteiger partial charge in [0.2, 0.25) is 5.95 Å². The van der Waals surface area contributed by atoms with Crippen LogP contribution in [-0.2, 0) is 4.74 Å². The second-order valence-corrected chi connectivity index (χ2v) is 6.79. The molecular formula is C15H22N6O2. The van der Waals surface area contributed by atoms with Crippen molar-refractivity contribution in [3.63, 3.8) is 0 Å². The van der Waals surface area contributed by atoms with Crippen molar-refractivity contribution in [2.45, 2.75) is 45.3 Å². The first kappa shape index (κ1) is 15.5. The molecule has 2 N–H and O–H groups in total. The lowest BCUT2D eigenvalue weighted by Gasteiger charge is -2.33. The molecule has 0 radical (unpaired) electrons. The quantitative estimate of drug-likeness (QED) is 0.863. The summed E-state index contributed by atoms with van der Waals surface area (Å²) in [6.45, 7) is 6.93. The Morgan fingerprint density at radius 3 is 2.65 bits per heavy atom. The Labute approximate surface area is 134 Å². The van der Waals surface area contributed by atoms with E-state index in [0.29, 0.717) is 13.1 Å². The van der Waals surface area contributed by atoms with Gasteiger partial charge in [-0.25, -0.2) is 14.8 Å². The average molecular weight is 318 g/mol. The Morgan fingerprint density at radius 2 is 2.00 bits per heavy atom. The topological polar surface area (TPSA) is 99.2 Å². The van der Waals surface area contributed by atoms with E-state index in [1.165, 1.54) is 0 Å². The number of imidazole rings is 1. The minimum absolute atomic E-state index is 0.241. The Hall–Kier alpha value is -2.38. The Morgan fingerprint density at radius 1 is 1.30 bits per heavy atom. The number of nitrogens with two attached hydrogens (primary N) is 1. The number of likely N-dealkylation sites (tertiary alicyclic amines) is 1. The van der Waals surface area contributed by atoms with Crippen LogP contribution in [0.5, 0.6) is 0 Å². The maximum atomic E-state index is 12.1. The van der Waals surface area contributed by atoms with Crippen LogP contribution < -0.4 is 5.73 Å². The van der Waals surface area contributed by atoms with E-state index in [1.54, 1.807) is 17.4 Å². The van der Waals surface area contributed by atoms with Gasteiger partial charge in [-0.05, 0) is 33.6 Å². The van der Waals surface area contributed by atoms with Crippen molar-refractivity contribution >= 4 is 23.2 Å². The van der Waals surface area contributed by atoms with Crippen molar-refractivity contribution in [3.05, 3.63) is 12.5 Å². The van der Waals surface area contributed by atoms with Crippen molar-refractivity contribution in [1.82, 2.24) is 24.4 Å². The van der Waals surface area contributed by atoms with Gasteiger partial charge in [0, 0.05) is 19.1 Å². The van der Waals surface area contributed by atoms with E-state index in [4.69, 9.17) is 10.5 Å². The van der Waals surface area contributed by atoms with Crippen molar-refractivity contribution in [2.24, 2.45) is 0 Å². The molecule has 2 aromatic rings. The van der Waals surface area contributed by atoms with E-state index in [9.17, 15) is 4.79 Å². The normalized spacial score (nSPS) is 16.7. The summed E-state index contributed by atoms with van der Waals surface area (Å²) < 4.78 is 7.45. The molecule has 1 saturated heterocycles. The molecule has 124 valence electrons. The summed E-state index contributed by atoms with van der Waals surface area (Å²) in [7, 11) is 0. The molecule has 0 unspecified atom stereocenters. The fourth-order valence-electron chi connectivity index (χ4n) is 2.76. The summed E-state index contributed by atoms with van der Waals surface area (Å²) in [4.78, 5) is 26.4. The number of carbonyl (C=O) groups is 1. The monoisotopic (exact) mass is 318 g/mol. The van der Waals surface area contributed by atoms with E-state index < -0.39 is 5.60 Å². The zero-order valence-electron chi connectivity index (χ0n) is 13.7. The van der Waals surface area contributed by atoms with Gasteiger partial charge in [-0.3, -0.25) is 0 Å². The molecule has 0 atom stereocenters. The van der Waals surface area contributed by atoms with Gasteiger partial charge in [0.25, 0.3) is 0 Å². The fourth-order valence-corrected chi connectivity index (χ4v) is 2.76. The zero-order chi connectivity index (χ0) is 16.6. The summed E-state index contributed by atoms with van der Waals surface area (Å²) in [5, 5.41) is 0. The molecule has 0 aliphatic carbocycles. The van der Waals surface area contributed by atoms with Gasteiger partial charge in [-0.1, -0.05) is 0 Å². The molecule has 1 amide bonds. The number of carbonyl (C=O) groups excluding carboxylic acids is 1. The summed E-state index contributed by atoms with van der Waals surface area (Å²) >= 11 is 0. The van der Waals surface area contributed by atoms with E-state index in [2.05, 4.69) is 15.0 Å². The van der Waals surface area contributed by atoms with Crippen molar-refractivity contribution in [1.29, 1.82) is 0 Å². The van der Waals surface area contributed by atoms with Crippen LogP contribution in [-0.4, -0.2) is 49.2 Å². The molecule has 23 heavy (non-hydrogen) atoms. The molecule has 0 aromatic carbocycles. The van der Waals surface area contributed by atoms with Gasteiger partial charge in [0.1, 0.15) is 11.1 Å². The van der Waals surface area contributed by atoms with Crippen molar-refractivity contribution in [3.8, 4) is 0 Å². The van der Waals surface area contributed by atoms with E-state index in [-0.39, 0.29) is 18.1 Å². The highest BCUT2D eigenvalue weighted by Crippen LogP contribution is 2.26. The molecule has 2 aromatic heterocycles. The molecule has 1 aliphatic rings. The lowest BCUT2D eigenvalue weighted by Crippen LogP contribution is -2.42. The van der Waals surface area contributed by atoms with E-state index in [1.807, 2.05) is 25.3 Å². The van der Waals surface area contributed by atoms with Gasteiger partial charge in [-0.15, -0.1) is 0 Å². The molecule has 0 spiro atoms. The van der Waals surface area contributed by atoms with Gasteiger partial charge in [-0.2, -0.15) is 4.98 Å². The summed E-state index contributed by atoms with van der Waals surface area (Å²) in [6, 6.07) is 0.244. The second-order valence-electron chi connectivity index (χ2n) is 6.79. The fraction of sp³-hybridized carbons (Fsp3) is 0.600. The van der Waals surface area contributed by atoms with Crippen LogP contribution in [0.3, 0.4) is 0 Å². The highest BCUT2D eigenvalue weighted by molar-refractivity contribution is 5.71. The number of piperidine rings is 1. The summed E-state index contributed by atoms with van der Waals surface area (Å²) in [5.41, 5.74) is 6.67. The first-order valence-corrected chi connectivity index (χ1v) is 7.76. The standard InChI is InChI=1S/C15H22N6O2/c1-15(2,3)23-14(22)20-6-4-10(5-7-20)21-9-18-11-8-17-13(16)19-12(11)21/h8-10H,4-7H2,1-3H3,(H2,16,17,19). The van der Waals surface area contributed by atoms with Crippen LogP contribution in [0.4, 0.5) is 10.7 Å². The minimum Gasteiger partial charge on any atom is -0.444 e.